The van der Waals surface area contributed by atoms with Crippen molar-refractivity contribution in [3.8, 4) is 0 Å². The van der Waals surface area contributed by atoms with Crippen molar-refractivity contribution in [2.24, 2.45) is 5.92 Å². The molecule has 3 rings (SSSR count). The van der Waals surface area contributed by atoms with Crippen LogP contribution in [0.4, 0.5) is 8.78 Å². The molecule has 0 saturated heterocycles. The van der Waals surface area contributed by atoms with Crippen molar-refractivity contribution in [1.82, 2.24) is 0 Å². The molecule has 0 amide bonds. The van der Waals surface area contributed by atoms with Crippen molar-refractivity contribution in [1.29, 1.82) is 0 Å². The number of benzene rings is 2. The standard InChI is InChI=1S/C24H29ClF2/c1-2-3-4-5-17-6-10-19(11-7-17)20-15-23(26)22(24(27)16-20)14-18-8-12-21(25)13-9-18/h8-9,12-13,15-17,19H,2-7,10-11,14H2,1H3. The van der Waals surface area contributed by atoms with Gasteiger partial charge >= 0.3 is 0 Å². The maximum Gasteiger partial charge on any atom is 0.129 e. The summed E-state index contributed by atoms with van der Waals surface area (Å²) < 4.78 is 29.3. The van der Waals surface area contributed by atoms with Gasteiger partial charge in [-0.15, -0.1) is 0 Å². The molecule has 2 aromatic carbocycles. The molecule has 1 fully saturated rings. The summed E-state index contributed by atoms with van der Waals surface area (Å²) in [6, 6.07) is 10.3. The second-order valence-corrected chi connectivity index (χ2v) is 8.42. The van der Waals surface area contributed by atoms with Crippen LogP contribution in [0, 0.1) is 17.6 Å². The second-order valence-electron chi connectivity index (χ2n) is 7.98. The summed E-state index contributed by atoms with van der Waals surface area (Å²) in [5.41, 5.74) is 1.84. The molecule has 0 N–H and O–H groups in total. The fourth-order valence-corrected chi connectivity index (χ4v) is 4.43. The lowest BCUT2D eigenvalue weighted by atomic mass is 9.77. The molecule has 0 heterocycles. The molecule has 0 spiro atoms. The van der Waals surface area contributed by atoms with E-state index in [2.05, 4.69) is 6.92 Å². The first kappa shape index (κ1) is 20.3. The maximum absolute atomic E-state index is 14.6. The van der Waals surface area contributed by atoms with Crippen molar-refractivity contribution in [3.05, 3.63) is 69.7 Å². The Morgan fingerprint density at radius 3 is 2.15 bits per heavy atom. The SMILES string of the molecule is CCCCCC1CCC(c2cc(F)c(Cc3ccc(Cl)cc3)c(F)c2)CC1. The van der Waals surface area contributed by atoms with Gasteiger partial charge in [-0.05, 0) is 72.9 Å². The van der Waals surface area contributed by atoms with Gasteiger partial charge in [-0.2, -0.15) is 0 Å². The number of unbranched alkanes of at least 4 members (excludes halogenated alkanes) is 2. The molecule has 0 aromatic heterocycles. The third-order valence-electron chi connectivity index (χ3n) is 5.99. The molecular weight excluding hydrogens is 362 g/mol. The lowest BCUT2D eigenvalue weighted by Crippen LogP contribution is -2.14. The van der Waals surface area contributed by atoms with E-state index in [1.54, 1.807) is 24.3 Å². The summed E-state index contributed by atoms with van der Waals surface area (Å²) in [5, 5.41) is 0.625. The van der Waals surface area contributed by atoms with Crippen LogP contribution in [0.25, 0.3) is 0 Å². The van der Waals surface area contributed by atoms with Gasteiger partial charge in [-0.1, -0.05) is 56.3 Å². The van der Waals surface area contributed by atoms with E-state index in [1.165, 1.54) is 38.5 Å². The predicted octanol–water partition coefficient (Wildman–Crippen LogP) is 8.06. The first-order valence-corrected chi connectivity index (χ1v) is 10.7. The topological polar surface area (TPSA) is 0 Å². The Hall–Kier alpha value is -1.41. The second kappa shape index (κ2) is 9.68. The Morgan fingerprint density at radius 1 is 0.926 bits per heavy atom. The predicted molar refractivity (Wildman–Crippen MR) is 109 cm³/mol. The number of halogens is 3. The van der Waals surface area contributed by atoms with Crippen LogP contribution in [0.2, 0.25) is 5.02 Å². The van der Waals surface area contributed by atoms with Crippen LogP contribution in [0.3, 0.4) is 0 Å². The molecule has 1 aliphatic carbocycles. The van der Waals surface area contributed by atoms with Gasteiger partial charge < -0.3 is 0 Å². The molecule has 27 heavy (non-hydrogen) atoms. The van der Waals surface area contributed by atoms with E-state index in [1.807, 2.05) is 12.1 Å². The van der Waals surface area contributed by atoms with Crippen LogP contribution in [-0.2, 0) is 6.42 Å². The minimum Gasteiger partial charge on any atom is -0.207 e. The van der Waals surface area contributed by atoms with Gasteiger partial charge in [0.25, 0.3) is 0 Å². The number of rotatable bonds is 7. The monoisotopic (exact) mass is 390 g/mol. The van der Waals surface area contributed by atoms with Gasteiger partial charge in [0.2, 0.25) is 0 Å². The number of hydrogen-bond donors (Lipinski definition) is 0. The van der Waals surface area contributed by atoms with Crippen LogP contribution in [0.15, 0.2) is 36.4 Å². The zero-order chi connectivity index (χ0) is 19.2. The van der Waals surface area contributed by atoms with Crippen LogP contribution in [-0.4, -0.2) is 0 Å². The van der Waals surface area contributed by atoms with Gasteiger partial charge in [0.1, 0.15) is 11.6 Å². The zero-order valence-electron chi connectivity index (χ0n) is 16.1. The van der Waals surface area contributed by atoms with Crippen LogP contribution in [0.1, 0.15) is 80.9 Å². The third-order valence-corrected chi connectivity index (χ3v) is 6.24. The minimum atomic E-state index is -0.426. The largest absolute Gasteiger partial charge is 0.207 e. The normalized spacial score (nSPS) is 20.0. The van der Waals surface area contributed by atoms with Gasteiger partial charge in [-0.3, -0.25) is 0 Å². The molecule has 0 aliphatic heterocycles. The molecule has 1 saturated carbocycles. The average Bonchev–Trinajstić information content (AvgIpc) is 2.67. The Labute approximate surface area is 166 Å². The van der Waals surface area contributed by atoms with Crippen LogP contribution < -0.4 is 0 Å². The summed E-state index contributed by atoms with van der Waals surface area (Å²) in [5.74, 6) is 0.239. The highest BCUT2D eigenvalue weighted by molar-refractivity contribution is 6.30. The van der Waals surface area contributed by atoms with E-state index in [4.69, 9.17) is 11.6 Å². The fourth-order valence-electron chi connectivity index (χ4n) is 4.30. The first-order valence-electron chi connectivity index (χ1n) is 10.3. The maximum atomic E-state index is 14.6. The lowest BCUT2D eigenvalue weighted by Gasteiger charge is -2.29. The summed E-state index contributed by atoms with van der Waals surface area (Å²) in [6.07, 6.45) is 9.91. The smallest absolute Gasteiger partial charge is 0.129 e. The van der Waals surface area contributed by atoms with Crippen LogP contribution >= 0.6 is 11.6 Å². The van der Waals surface area contributed by atoms with E-state index in [0.717, 1.165) is 29.9 Å². The van der Waals surface area contributed by atoms with Crippen molar-refractivity contribution in [2.75, 3.05) is 0 Å². The third kappa shape index (κ3) is 5.54. The molecule has 146 valence electrons. The Kier molecular flexibility index (Phi) is 7.29. The van der Waals surface area contributed by atoms with E-state index < -0.39 is 11.6 Å². The molecular formula is C24H29ClF2. The summed E-state index contributed by atoms with van der Waals surface area (Å²) in [7, 11) is 0. The molecule has 3 heteroatoms. The van der Waals surface area contributed by atoms with E-state index >= 15 is 0 Å². The van der Waals surface area contributed by atoms with Crippen molar-refractivity contribution in [2.45, 2.75) is 70.6 Å². The fraction of sp³-hybridized carbons (Fsp3) is 0.500. The average molecular weight is 391 g/mol. The number of hydrogen-bond acceptors (Lipinski definition) is 0. The molecule has 0 radical (unpaired) electrons. The quantitative estimate of drug-likeness (QED) is 0.419. The van der Waals surface area contributed by atoms with Gasteiger partial charge in [0, 0.05) is 17.0 Å². The van der Waals surface area contributed by atoms with Crippen molar-refractivity contribution < 1.29 is 8.78 Å². The highest BCUT2D eigenvalue weighted by Gasteiger charge is 2.24. The van der Waals surface area contributed by atoms with E-state index in [-0.39, 0.29) is 12.0 Å². The van der Waals surface area contributed by atoms with E-state index in [9.17, 15) is 8.78 Å². The van der Waals surface area contributed by atoms with Gasteiger partial charge in [0.05, 0.1) is 0 Å². The Balaban J connectivity index is 1.64. The minimum absolute atomic E-state index is 0.148. The van der Waals surface area contributed by atoms with Crippen LogP contribution in [0.5, 0.6) is 0 Å². The van der Waals surface area contributed by atoms with Crippen molar-refractivity contribution in [3.63, 3.8) is 0 Å². The van der Waals surface area contributed by atoms with Crippen molar-refractivity contribution >= 4 is 11.6 Å². The molecule has 0 atom stereocenters. The summed E-state index contributed by atoms with van der Waals surface area (Å²) >= 11 is 5.88. The lowest BCUT2D eigenvalue weighted by molar-refractivity contribution is 0.302. The van der Waals surface area contributed by atoms with Gasteiger partial charge in [-0.25, -0.2) is 8.78 Å². The van der Waals surface area contributed by atoms with Gasteiger partial charge in [0.15, 0.2) is 0 Å². The summed E-state index contributed by atoms with van der Waals surface area (Å²) in [6.45, 7) is 2.23. The highest BCUT2D eigenvalue weighted by atomic mass is 35.5. The molecule has 0 nitrogen and oxygen atoms in total. The highest BCUT2D eigenvalue weighted by Crippen LogP contribution is 2.38. The summed E-state index contributed by atoms with van der Waals surface area (Å²) in [4.78, 5) is 0. The van der Waals surface area contributed by atoms with E-state index in [0.29, 0.717) is 10.9 Å². The molecule has 0 bridgehead atoms. The molecule has 1 aliphatic rings. The first-order chi connectivity index (χ1) is 13.1. The Morgan fingerprint density at radius 2 is 1.56 bits per heavy atom. The molecule has 2 aromatic rings. The Bertz CT molecular complexity index is 708. The zero-order valence-corrected chi connectivity index (χ0v) is 16.9. The molecule has 0 unspecified atom stereocenters.